The Kier molecular flexibility index (Phi) is 6.82. The average Bonchev–Trinajstić information content (AvgIpc) is 2.50. The van der Waals surface area contributed by atoms with Crippen LogP contribution >= 0.6 is 0 Å². The van der Waals surface area contributed by atoms with E-state index in [2.05, 4.69) is 0 Å². The van der Waals surface area contributed by atoms with Gasteiger partial charge in [0.2, 0.25) is 0 Å². The molecule has 0 saturated carbocycles. The zero-order chi connectivity index (χ0) is 15.8. The van der Waals surface area contributed by atoms with E-state index in [1.165, 1.54) is 6.42 Å². The van der Waals surface area contributed by atoms with Crippen LogP contribution in [0.2, 0.25) is 0 Å². The van der Waals surface area contributed by atoms with E-state index in [0.29, 0.717) is 6.61 Å². The lowest BCUT2D eigenvalue weighted by atomic mass is 10.1. The van der Waals surface area contributed by atoms with E-state index in [4.69, 9.17) is 13.7 Å². The maximum absolute atomic E-state index is 11.0. The Labute approximate surface area is 132 Å². The predicted octanol–water partition coefficient (Wildman–Crippen LogP) is 2.64. The van der Waals surface area contributed by atoms with Crippen molar-refractivity contribution in [2.24, 2.45) is 0 Å². The molecular formula is C16H24O5S. The summed E-state index contributed by atoms with van der Waals surface area (Å²) in [5.74, 6) is 0. The van der Waals surface area contributed by atoms with Crippen LogP contribution < -0.4 is 0 Å². The quantitative estimate of drug-likeness (QED) is 0.542. The first kappa shape index (κ1) is 17.4. The standard InChI is InChI=1S/C16H24O5S/c1-22(17,18)21-13-15-7-4-6-14(12-15)8-5-11-20-16-9-2-3-10-19-16/h4,6-7,12,16H,2-3,5,8-11,13H2,1H3. The lowest BCUT2D eigenvalue weighted by molar-refractivity contribution is -0.162. The molecule has 124 valence electrons. The molecule has 1 fully saturated rings. The molecule has 1 saturated heterocycles. The molecule has 1 unspecified atom stereocenters. The second-order valence-electron chi connectivity index (χ2n) is 5.56. The summed E-state index contributed by atoms with van der Waals surface area (Å²) < 4.78 is 38.0. The fourth-order valence-electron chi connectivity index (χ4n) is 2.38. The molecule has 5 nitrogen and oxygen atoms in total. The minimum Gasteiger partial charge on any atom is -0.353 e. The van der Waals surface area contributed by atoms with E-state index in [1.807, 2.05) is 24.3 Å². The molecule has 1 atom stereocenters. The number of benzene rings is 1. The van der Waals surface area contributed by atoms with Crippen LogP contribution in [-0.4, -0.2) is 34.2 Å². The smallest absolute Gasteiger partial charge is 0.264 e. The summed E-state index contributed by atoms with van der Waals surface area (Å²) >= 11 is 0. The van der Waals surface area contributed by atoms with Crippen LogP contribution in [0.15, 0.2) is 24.3 Å². The van der Waals surface area contributed by atoms with Gasteiger partial charge in [-0.3, -0.25) is 4.18 Å². The minimum atomic E-state index is -3.40. The van der Waals surface area contributed by atoms with Crippen LogP contribution in [0.4, 0.5) is 0 Å². The highest BCUT2D eigenvalue weighted by molar-refractivity contribution is 7.85. The van der Waals surface area contributed by atoms with Crippen LogP contribution in [0.1, 0.15) is 36.8 Å². The fraction of sp³-hybridized carbons (Fsp3) is 0.625. The molecule has 0 spiro atoms. The van der Waals surface area contributed by atoms with E-state index in [0.717, 1.165) is 49.7 Å². The number of rotatable bonds is 8. The molecule has 0 aromatic heterocycles. The van der Waals surface area contributed by atoms with Gasteiger partial charge in [-0.1, -0.05) is 24.3 Å². The molecular weight excluding hydrogens is 304 g/mol. The van der Waals surface area contributed by atoms with Crippen molar-refractivity contribution in [3.05, 3.63) is 35.4 Å². The minimum absolute atomic E-state index is 0.0387. The van der Waals surface area contributed by atoms with Crippen molar-refractivity contribution < 1.29 is 22.1 Å². The number of hydrogen-bond acceptors (Lipinski definition) is 5. The molecule has 1 aliphatic rings. The largest absolute Gasteiger partial charge is 0.353 e. The summed E-state index contributed by atoms with van der Waals surface area (Å²) in [5, 5.41) is 0. The molecule has 2 rings (SSSR count). The van der Waals surface area contributed by atoms with Crippen LogP contribution in [0.3, 0.4) is 0 Å². The summed E-state index contributed by atoms with van der Waals surface area (Å²) in [7, 11) is -3.40. The Morgan fingerprint density at radius 3 is 2.82 bits per heavy atom. The van der Waals surface area contributed by atoms with Crippen molar-refractivity contribution in [1.82, 2.24) is 0 Å². The maximum atomic E-state index is 11.0. The second kappa shape index (κ2) is 8.62. The van der Waals surface area contributed by atoms with Gasteiger partial charge < -0.3 is 9.47 Å². The van der Waals surface area contributed by atoms with E-state index < -0.39 is 10.1 Å². The highest BCUT2D eigenvalue weighted by Gasteiger charge is 2.13. The van der Waals surface area contributed by atoms with E-state index >= 15 is 0 Å². The summed E-state index contributed by atoms with van der Waals surface area (Å²) in [6, 6.07) is 7.78. The first-order valence-electron chi connectivity index (χ1n) is 7.68. The predicted molar refractivity (Wildman–Crippen MR) is 83.9 cm³/mol. The van der Waals surface area contributed by atoms with Gasteiger partial charge in [0.1, 0.15) is 0 Å². The third kappa shape index (κ3) is 6.87. The Morgan fingerprint density at radius 2 is 2.09 bits per heavy atom. The van der Waals surface area contributed by atoms with Crippen molar-refractivity contribution in [2.45, 2.75) is 45.0 Å². The highest BCUT2D eigenvalue weighted by atomic mass is 32.2. The Hall–Kier alpha value is -0.950. The van der Waals surface area contributed by atoms with Gasteiger partial charge >= 0.3 is 0 Å². The second-order valence-corrected chi connectivity index (χ2v) is 7.20. The molecule has 1 heterocycles. The SMILES string of the molecule is CS(=O)(=O)OCc1cccc(CCCOC2CCCCO2)c1. The zero-order valence-electron chi connectivity index (χ0n) is 13.0. The van der Waals surface area contributed by atoms with Gasteiger partial charge in [0.25, 0.3) is 10.1 Å². The van der Waals surface area contributed by atoms with E-state index in [9.17, 15) is 8.42 Å². The van der Waals surface area contributed by atoms with Crippen molar-refractivity contribution in [2.75, 3.05) is 19.5 Å². The van der Waals surface area contributed by atoms with Crippen LogP contribution in [0.25, 0.3) is 0 Å². The van der Waals surface area contributed by atoms with Gasteiger partial charge in [-0.25, -0.2) is 0 Å². The van der Waals surface area contributed by atoms with Crippen molar-refractivity contribution in [1.29, 1.82) is 0 Å². The van der Waals surface area contributed by atoms with Crippen LogP contribution in [-0.2, 0) is 36.8 Å². The fourth-order valence-corrected chi connectivity index (χ4v) is 2.73. The molecule has 1 aliphatic heterocycles. The molecule has 22 heavy (non-hydrogen) atoms. The van der Waals surface area contributed by atoms with Gasteiger partial charge in [-0.05, 0) is 43.2 Å². The summed E-state index contributed by atoms with van der Waals surface area (Å²) in [5.41, 5.74) is 2.02. The normalized spacial score (nSPS) is 19.2. The van der Waals surface area contributed by atoms with Crippen LogP contribution in [0, 0.1) is 0 Å². The third-order valence-corrected chi connectivity index (χ3v) is 4.03. The van der Waals surface area contributed by atoms with Gasteiger partial charge in [-0.2, -0.15) is 8.42 Å². The molecule has 1 aromatic rings. The molecule has 6 heteroatoms. The molecule has 1 aromatic carbocycles. The molecule has 0 N–H and O–H groups in total. The van der Waals surface area contributed by atoms with Gasteiger partial charge in [0.15, 0.2) is 6.29 Å². The van der Waals surface area contributed by atoms with E-state index in [1.54, 1.807) is 0 Å². The highest BCUT2D eigenvalue weighted by Crippen LogP contribution is 2.15. The molecule has 0 radical (unpaired) electrons. The van der Waals surface area contributed by atoms with Crippen LogP contribution in [0.5, 0.6) is 0 Å². The lowest BCUT2D eigenvalue weighted by Crippen LogP contribution is -2.22. The summed E-state index contributed by atoms with van der Waals surface area (Å²) in [4.78, 5) is 0. The number of aryl methyl sites for hydroxylation is 1. The molecule has 0 aliphatic carbocycles. The number of hydrogen-bond donors (Lipinski definition) is 0. The van der Waals surface area contributed by atoms with Crippen molar-refractivity contribution in [3.63, 3.8) is 0 Å². The Balaban J connectivity index is 1.71. The van der Waals surface area contributed by atoms with E-state index in [-0.39, 0.29) is 12.9 Å². The van der Waals surface area contributed by atoms with Gasteiger partial charge in [-0.15, -0.1) is 0 Å². The summed E-state index contributed by atoms with van der Waals surface area (Å²) in [6.07, 6.45) is 6.10. The lowest BCUT2D eigenvalue weighted by Gasteiger charge is -2.22. The first-order chi connectivity index (χ1) is 10.5. The van der Waals surface area contributed by atoms with Gasteiger partial charge in [0, 0.05) is 6.61 Å². The Bertz CT molecular complexity index is 549. The molecule has 0 bridgehead atoms. The summed E-state index contributed by atoms with van der Waals surface area (Å²) in [6.45, 7) is 1.56. The monoisotopic (exact) mass is 328 g/mol. The number of ether oxygens (including phenoxy) is 2. The van der Waals surface area contributed by atoms with Gasteiger partial charge in [0.05, 0.1) is 19.5 Å². The van der Waals surface area contributed by atoms with Crippen molar-refractivity contribution in [3.8, 4) is 0 Å². The first-order valence-corrected chi connectivity index (χ1v) is 9.50. The van der Waals surface area contributed by atoms with Crippen molar-refractivity contribution >= 4 is 10.1 Å². The average molecular weight is 328 g/mol. The topological polar surface area (TPSA) is 61.8 Å². The third-order valence-electron chi connectivity index (χ3n) is 3.48. The molecule has 0 amide bonds. The zero-order valence-corrected chi connectivity index (χ0v) is 13.8. The Morgan fingerprint density at radius 1 is 1.27 bits per heavy atom. The maximum Gasteiger partial charge on any atom is 0.264 e.